The van der Waals surface area contributed by atoms with Crippen molar-refractivity contribution in [3.8, 4) is 0 Å². The number of nitrogens with zero attached hydrogens (tertiary/aromatic N) is 2. The van der Waals surface area contributed by atoms with Crippen molar-refractivity contribution in [2.24, 2.45) is 11.8 Å². The summed E-state index contributed by atoms with van der Waals surface area (Å²) in [5.41, 5.74) is 5.50. The van der Waals surface area contributed by atoms with E-state index in [0.717, 1.165) is 44.9 Å². The molecule has 0 bridgehead atoms. The van der Waals surface area contributed by atoms with Crippen molar-refractivity contribution < 1.29 is 4.79 Å². The third kappa shape index (κ3) is 6.61. The van der Waals surface area contributed by atoms with Crippen LogP contribution >= 0.6 is 0 Å². The van der Waals surface area contributed by atoms with Crippen LogP contribution in [0.5, 0.6) is 0 Å². The number of hydrogen-bond donors (Lipinski definition) is 3. The quantitative estimate of drug-likeness (QED) is 0.463. The van der Waals surface area contributed by atoms with E-state index in [1.165, 1.54) is 11.0 Å². The Hall–Kier alpha value is -2.25. The number of carbonyl (C=O) groups excluding carboxylic acids is 1. The first-order chi connectivity index (χ1) is 14.8. The van der Waals surface area contributed by atoms with E-state index in [1.54, 1.807) is 4.90 Å². The van der Waals surface area contributed by atoms with Crippen LogP contribution in [0.2, 0.25) is 0 Å². The highest BCUT2D eigenvalue weighted by molar-refractivity contribution is 5.82. The molecule has 31 heavy (non-hydrogen) atoms. The summed E-state index contributed by atoms with van der Waals surface area (Å²) in [5, 5.41) is 3.19. The maximum Gasteiger partial charge on any atom is 0.330 e. The van der Waals surface area contributed by atoms with Crippen molar-refractivity contribution in [1.29, 1.82) is 0 Å². The average molecular weight is 436 g/mol. The molecule has 1 heterocycles. The lowest BCUT2D eigenvalue weighted by molar-refractivity contribution is -0.121. The van der Waals surface area contributed by atoms with Crippen LogP contribution in [0, 0.1) is 11.8 Å². The zero-order valence-electron chi connectivity index (χ0n) is 19.7. The number of nitrogens with one attached hydrogen (secondary N) is 2. The Bertz CT molecular complexity index is 831. The lowest BCUT2D eigenvalue weighted by Gasteiger charge is -2.35. The summed E-state index contributed by atoms with van der Waals surface area (Å²) in [6.07, 6.45) is 7.84. The topological polar surface area (TPSA) is 113 Å². The first-order valence-corrected chi connectivity index (χ1v) is 12.0. The molecule has 1 aromatic heterocycles. The normalized spacial score (nSPS) is 21.1. The third-order valence-electron chi connectivity index (χ3n) is 6.68. The number of hydrogen-bond acceptors (Lipinski definition) is 5. The molecule has 3 unspecified atom stereocenters. The van der Waals surface area contributed by atoms with E-state index >= 15 is 0 Å². The summed E-state index contributed by atoms with van der Waals surface area (Å²) in [4.78, 5) is 42.1. The minimum absolute atomic E-state index is 0.0561. The van der Waals surface area contributed by atoms with Gasteiger partial charge in [-0.1, -0.05) is 59.8 Å². The predicted molar refractivity (Wildman–Crippen MR) is 126 cm³/mol. The van der Waals surface area contributed by atoms with Crippen LogP contribution in [0.3, 0.4) is 0 Å². The van der Waals surface area contributed by atoms with Gasteiger partial charge in [-0.05, 0) is 31.1 Å². The first-order valence-electron chi connectivity index (χ1n) is 12.0. The SMILES string of the molecule is CCCCCN(CC(=O)NC1CCCC(C)C1C)c1c(N)n(CCCC)c(=O)[nH]c1=O. The highest BCUT2D eigenvalue weighted by atomic mass is 16.2. The van der Waals surface area contributed by atoms with Crippen LogP contribution in [0.1, 0.15) is 79.1 Å². The van der Waals surface area contributed by atoms with Crippen LogP contribution in [0.25, 0.3) is 0 Å². The molecular formula is C23H41N5O3. The van der Waals surface area contributed by atoms with E-state index in [0.29, 0.717) is 24.9 Å². The Morgan fingerprint density at radius 2 is 1.87 bits per heavy atom. The van der Waals surface area contributed by atoms with Gasteiger partial charge in [0.15, 0.2) is 0 Å². The van der Waals surface area contributed by atoms with Crippen molar-refractivity contribution in [2.75, 3.05) is 23.7 Å². The van der Waals surface area contributed by atoms with Gasteiger partial charge in [0.2, 0.25) is 5.91 Å². The lowest BCUT2D eigenvalue weighted by atomic mass is 9.78. The van der Waals surface area contributed by atoms with E-state index in [4.69, 9.17) is 5.73 Å². The molecule has 8 nitrogen and oxygen atoms in total. The average Bonchev–Trinajstić information content (AvgIpc) is 2.71. The first kappa shape index (κ1) is 25.0. The van der Waals surface area contributed by atoms with Crippen LogP contribution in [-0.2, 0) is 11.3 Å². The third-order valence-corrected chi connectivity index (χ3v) is 6.68. The van der Waals surface area contributed by atoms with Crippen molar-refractivity contribution in [2.45, 2.75) is 91.6 Å². The van der Waals surface area contributed by atoms with E-state index in [1.807, 2.05) is 6.92 Å². The Balaban J connectivity index is 2.26. The largest absolute Gasteiger partial charge is 0.383 e. The van der Waals surface area contributed by atoms with Crippen molar-refractivity contribution in [3.63, 3.8) is 0 Å². The van der Waals surface area contributed by atoms with Crippen LogP contribution in [-0.4, -0.2) is 34.6 Å². The number of unbranched alkanes of at least 4 members (excludes halogenated alkanes) is 3. The van der Waals surface area contributed by atoms with Gasteiger partial charge < -0.3 is 16.0 Å². The van der Waals surface area contributed by atoms with Crippen LogP contribution in [0.4, 0.5) is 11.5 Å². The van der Waals surface area contributed by atoms with Crippen molar-refractivity contribution >= 4 is 17.4 Å². The summed E-state index contributed by atoms with van der Waals surface area (Å²) in [6.45, 7) is 9.60. The Morgan fingerprint density at radius 3 is 2.55 bits per heavy atom. The second kappa shape index (κ2) is 12.0. The van der Waals surface area contributed by atoms with Gasteiger partial charge in [-0.2, -0.15) is 0 Å². The van der Waals surface area contributed by atoms with E-state index in [9.17, 15) is 14.4 Å². The molecule has 0 aromatic carbocycles. The molecule has 0 saturated heterocycles. The summed E-state index contributed by atoms with van der Waals surface area (Å²) in [6, 6.07) is 0.155. The molecule has 1 aromatic rings. The Labute approximate surface area is 185 Å². The van der Waals surface area contributed by atoms with Gasteiger partial charge in [0.25, 0.3) is 5.56 Å². The van der Waals surface area contributed by atoms with Crippen LogP contribution < -0.4 is 27.2 Å². The Kier molecular flexibility index (Phi) is 9.65. The zero-order chi connectivity index (χ0) is 23.0. The van der Waals surface area contributed by atoms with Crippen molar-refractivity contribution in [1.82, 2.24) is 14.9 Å². The lowest BCUT2D eigenvalue weighted by Crippen LogP contribution is -2.49. The Morgan fingerprint density at radius 1 is 1.16 bits per heavy atom. The summed E-state index contributed by atoms with van der Waals surface area (Å²) in [5.74, 6) is 1.05. The molecule has 1 amide bonds. The van der Waals surface area contributed by atoms with Gasteiger partial charge in [0, 0.05) is 19.1 Å². The molecular weight excluding hydrogens is 394 g/mol. The van der Waals surface area contributed by atoms with E-state index < -0.39 is 11.2 Å². The fraction of sp³-hybridized carbons (Fsp3) is 0.783. The highest BCUT2D eigenvalue weighted by Gasteiger charge is 2.29. The number of rotatable bonds is 11. The smallest absolute Gasteiger partial charge is 0.330 e. The zero-order valence-corrected chi connectivity index (χ0v) is 19.7. The molecule has 1 saturated carbocycles. The summed E-state index contributed by atoms with van der Waals surface area (Å²) < 4.78 is 1.41. The summed E-state index contributed by atoms with van der Waals surface area (Å²) >= 11 is 0. The van der Waals surface area contributed by atoms with Gasteiger partial charge in [0.05, 0.1) is 6.54 Å². The molecule has 1 fully saturated rings. The molecule has 0 radical (unpaired) electrons. The second-order valence-electron chi connectivity index (χ2n) is 9.07. The minimum atomic E-state index is -0.529. The molecule has 1 aliphatic carbocycles. The molecule has 3 atom stereocenters. The van der Waals surface area contributed by atoms with E-state index in [-0.39, 0.29) is 30.0 Å². The molecule has 2 rings (SSSR count). The molecule has 4 N–H and O–H groups in total. The summed E-state index contributed by atoms with van der Waals surface area (Å²) in [7, 11) is 0. The number of amides is 1. The maximum absolute atomic E-state index is 13.0. The maximum atomic E-state index is 13.0. The number of nitrogen functional groups attached to an aromatic ring is 1. The van der Waals surface area contributed by atoms with Crippen LogP contribution in [0.15, 0.2) is 9.59 Å². The van der Waals surface area contributed by atoms with Gasteiger partial charge in [-0.3, -0.25) is 19.1 Å². The second-order valence-corrected chi connectivity index (χ2v) is 9.07. The minimum Gasteiger partial charge on any atom is -0.383 e. The van der Waals surface area contributed by atoms with Crippen molar-refractivity contribution in [3.05, 3.63) is 20.8 Å². The molecule has 1 aliphatic rings. The number of aromatic nitrogens is 2. The standard InChI is InChI=1S/C23H41N5O3/c1-5-7-9-13-27(15-19(29)25-18-12-10-11-16(3)17(18)4)20-21(24)28(14-8-6-2)23(31)26-22(20)30/h16-18H,5-15,24H2,1-4H3,(H,25,29)(H,26,30,31). The number of carbonyl (C=O) groups is 1. The van der Waals surface area contributed by atoms with Gasteiger partial charge in [-0.25, -0.2) is 4.79 Å². The molecule has 8 heteroatoms. The number of H-pyrrole nitrogens is 1. The van der Waals surface area contributed by atoms with E-state index in [2.05, 4.69) is 31.1 Å². The highest BCUT2D eigenvalue weighted by Crippen LogP contribution is 2.29. The van der Waals surface area contributed by atoms with Gasteiger partial charge >= 0.3 is 5.69 Å². The van der Waals surface area contributed by atoms with Gasteiger partial charge in [-0.15, -0.1) is 0 Å². The molecule has 0 aliphatic heterocycles. The fourth-order valence-corrected chi connectivity index (χ4v) is 4.46. The van der Waals surface area contributed by atoms with Gasteiger partial charge in [0.1, 0.15) is 11.5 Å². The number of nitrogens with two attached hydrogens (primary N) is 1. The molecule has 0 spiro atoms. The fourth-order valence-electron chi connectivity index (χ4n) is 4.46. The molecule has 176 valence electrons. The monoisotopic (exact) mass is 435 g/mol. The number of aromatic amines is 1. The predicted octanol–water partition coefficient (Wildman–Crippen LogP) is 2.86. The number of anilines is 2.